The Hall–Kier alpha value is -2.12. The molecular formula is C16H15BrClN5O. The Labute approximate surface area is 152 Å². The average Bonchev–Trinajstić information content (AvgIpc) is 3.01. The van der Waals surface area contributed by atoms with Gasteiger partial charge in [0, 0.05) is 25.9 Å². The summed E-state index contributed by atoms with van der Waals surface area (Å²) in [5, 5.41) is 0.555. The summed E-state index contributed by atoms with van der Waals surface area (Å²) in [7, 11) is 5.38. The van der Waals surface area contributed by atoms with Crippen molar-refractivity contribution in [2.75, 3.05) is 21.2 Å². The van der Waals surface area contributed by atoms with E-state index in [4.69, 9.17) is 16.3 Å². The van der Waals surface area contributed by atoms with Crippen LogP contribution in [0.5, 0.6) is 5.75 Å². The number of hydrogen-bond donors (Lipinski definition) is 1. The third-order valence-electron chi connectivity index (χ3n) is 3.29. The third kappa shape index (κ3) is 3.22. The molecule has 3 rings (SSSR count). The quantitative estimate of drug-likeness (QED) is 0.517. The number of halogens is 2. The second-order valence-electron chi connectivity index (χ2n) is 5.28. The van der Waals surface area contributed by atoms with E-state index < -0.39 is 0 Å². The van der Waals surface area contributed by atoms with Gasteiger partial charge in [0.05, 0.1) is 34.0 Å². The van der Waals surface area contributed by atoms with Crippen molar-refractivity contribution in [2.24, 2.45) is 4.99 Å². The minimum absolute atomic E-state index is 0.365. The summed E-state index contributed by atoms with van der Waals surface area (Å²) in [6.45, 7) is 0. The van der Waals surface area contributed by atoms with Gasteiger partial charge < -0.3 is 14.6 Å². The zero-order valence-corrected chi connectivity index (χ0v) is 15.7. The van der Waals surface area contributed by atoms with E-state index in [1.54, 1.807) is 19.5 Å². The van der Waals surface area contributed by atoms with Crippen molar-refractivity contribution in [2.45, 2.75) is 0 Å². The predicted molar refractivity (Wildman–Crippen MR) is 100 cm³/mol. The lowest BCUT2D eigenvalue weighted by atomic mass is 10.1. The van der Waals surface area contributed by atoms with Gasteiger partial charge in [0.15, 0.2) is 0 Å². The van der Waals surface area contributed by atoms with Gasteiger partial charge in [-0.3, -0.25) is 0 Å². The Balaban J connectivity index is 2.23. The second kappa shape index (κ2) is 6.78. The summed E-state index contributed by atoms with van der Waals surface area (Å²) in [4.78, 5) is 18.3. The molecule has 0 spiro atoms. The SMILES string of the molecule is COc1cc(-c2nc(/N=C\N(C)C)nc3cc[nH]c23)c(Cl)cc1Br. The third-order valence-corrected chi connectivity index (χ3v) is 4.23. The van der Waals surface area contributed by atoms with Gasteiger partial charge in [0.2, 0.25) is 0 Å². The monoisotopic (exact) mass is 407 g/mol. The van der Waals surface area contributed by atoms with E-state index in [0.717, 1.165) is 21.1 Å². The van der Waals surface area contributed by atoms with Crippen molar-refractivity contribution in [1.82, 2.24) is 19.9 Å². The molecule has 3 aromatic rings. The molecule has 2 heterocycles. The molecule has 0 bridgehead atoms. The van der Waals surface area contributed by atoms with E-state index in [9.17, 15) is 0 Å². The number of nitrogens with zero attached hydrogens (tertiary/aromatic N) is 4. The number of nitrogens with one attached hydrogen (secondary N) is 1. The van der Waals surface area contributed by atoms with E-state index in [-0.39, 0.29) is 0 Å². The van der Waals surface area contributed by atoms with Crippen molar-refractivity contribution >= 4 is 50.9 Å². The lowest BCUT2D eigenvalue weighted by Crippen LogP contribution is -2.07. The Morgan fingerprint density at radius 2 is 2.12 bits per heavy atom. The van der Waals surface area contributed by atoms with Crippen LogP contribution >= 0.6 is 27.5 Å². The summed E-state index contributed by atoms with van der Waals surface area (Å²) in [5.74, 6) is 1.04. The Morgan fingerprint density at radius 3 is 2.83 bits per heavy atom. The molecule has 0 unspecified atom stereocenters. The summed E-state index contributed by atoms with van der Waals surface area (Å²) in [5.41, 5.74) is 2.98. The summed E-state index contributed by atoms with van der Waals surface area (Å²) < 4.78 is 6.15. The number of ether oxygens (including phenoxy) is 1. The van der Waals surface area contributed by atoms with Gasteiger partial charge in [-0.15, -0.1) is 0 Å². The van der Waals surface area contributed by atoms with E-state index in [1.807, 2.05) is 37.3 Å². The molecule has 0 aliphatic rings. The van der Waals surface area contributed by atoms with Crippen LogP contribution in [0.2, 0.25) is 5.02 Å². The van der Waals surface area contributed by atoms with Gasteiger partial charge >= 0.3 is 0 Å². The van der Waals surface area contributed by atoms with Gasteiger partial charge in [0.1, 0.15) is 11.4 Å². The first-order chi connectivity index (χ1) is 11.5. The Morgan fingerprint density at radius 1 is 1.33 bits per heavy atom. The zero-order valence-electron chi connectivity index (χ0n) is 13.3. The zero-order chi connectivity index (χ0) is 17.3. The van der Waals surface area contributed by atoms with Crippen LogP contribution in [0.1, 0.15) is 0 Å². The van der Waals surface area contributed by atoms with Crippen molar-refractivity contribution in [3.8, 4) is 17.0 Å². The minimum Gasteiger partial charge on any atom is -0.496 e. The molecule has 1 aromatic carbocycles. The highest BCUT2D eigenvalue weighted by atomic mass is 79.9. The number of hydrogen-bond acceptors (Lipinski definition) is 4. The molecule has 24 heavy (non-hydrogen) atoms. The van der Waals surface area contributed by atoms with Crippen LogP contribution < -0.4 is 4.74 Å². The van der Waals surface area contributed by atoms with Crippen LogP contribution in [0.15, 0.2) is 33.9 Å². The number of benzene rings is 1. The smallest absolute Gasteiger partial charge is 0.252 e. The van der Waals surface area contributed by atoms with Gasteiger partial charge in [0.25, 0.3) is 5.95 Å². The van der Waals surface area contributed by atoms with Crippen molar-refractivity contribution in [3.05, 3.63) is 33.9 Å². The number of fused-ring (bicyclic) bond motifs is 1. The number of aliphatic imine (C=N–C) groups is 1. The van der Waals surface area contributed by atoms with Gasteiger partial charge in [-0.2, -0.15) is 0 Å². The average molecular weight is 409 g/mol. The molecule has 0 fully saturated rings. The molecule has 6 nitrogen and oxygen atoms in total. The van der Waals surface area contributed by atoms with Gasteiger partial charge in [-0.25, -0.2) is 15.0 Å². The topological polar surface area (TPSA) is 66.4 Å². The summed E-state index contributed by atoms with van der Waals surface area (Å²) in [6, 6.07) is 5.50. The highest BCUT2D eigenvalue weighted by Crippen LogP contribution is 2.38. The van der Waals surface area contributed by atoms with Crippen LogP contribution in [-0.2, 0) is 0 Å². The fourth-order valence-electron chi connectivity index (χ4n) is 2.22. The molecule has 0 aliphatic carbocycles. The fraction of sp³-hybridized carbons (Fsp3) is 0.188. The van der Waals surface area contributed by atoms with Crippen molar-refractivity contribution < 1.29 is 4.74 Å². The standard InChI is InChI=1S/C16H15BrClN5O/c1-23(2)8-20-16-21-12-4-5-19-15(12)14(22-16)9-6-13(24-3)10(17)7-11(9)18/h4-8,19H,1-3H3/b20-8-. The normalized spacial score (nSPS) is 11.4. The molecule has 1 N–H and O–H groups in total. The summed E-state index contributed by atoms with van der Waals surface area (Å²) >= 11 is 9.87. The first-order valence-electron chi connectivity index (χ1n) is 7.08. The van der Waals surface area contributed by atoms with Crippen LogP contribution in [-0.4, -0.2) is 47.4 Å². The van der Waals surface area contributed by atoms with Crippen LogP contribution in [0.3, 0.4) is 0 Å². The number of H-pyrrole nitrogens is 1. The summed E-state index contributed by atoms with van der Waals surface area (Å²) in [6.07, 6.45) is 3.47. The fourth-order valence-corrected chi connectivity index (χ4v) is 3.11. The first-order valence-corrected chi connectivity index (χ1v) is 8.26. The number of rotatable bonds is 4. The first kappa shape index (κ1) is 16.7. The molecule has 0 saturated heterocycles. The molecule has 0 aliphatic heterocycles. The maximum absolute atomic E-state index is 6.43. The van der Waals surface area contributed by atoms with E-state index in [2.05, 4.69) is 35.9 Å². The maximum Gasteiger partial charge on any atom is 0.252 e. The predicted octanol–water partition coefficient (Wildman–Crippen LogP) is 4.27. The maximum atomic E-state index is 6.43. The van der Waals surface area contributed by atoms with Crippen LogP contribution in [0, 0.1) is 0 Å². The molecule has 2 aromatic heterocycles. The molecule has 0 radical (unpaired) electrons. The molecule has 124 valence electrons. The Bertz CT molecular complexity index is 922. The van der Waals surface area contributed by atoms with Crippen molar-refractivity contribution in [3.63, 3.8) is 0 Å². The lowest BCUT2D eigenvalue weighted by molar-refractivity contribution is 0.412. The molecular weight excluding hydrogens is 394 g/mol. The highest BCUT2D eigenvalue weighted by Gasteiger charge is 2.16. The second-order valence-corrected chi connectivity index (χ2v) is 6.55. The van der Waals surface area contributed by atoms with Crippen LogP contribution in [0.25, 0.3) is 22.3 Å². The lowest BCUT2D eigenvalue weighted by Gasteiger charge is -2.10. The number of methoxy groups -OCH3 is 1. The Kier molecular flexibility index (Phi) is 4.73. The number of aromatic amines is 1. The molecule has 8 heteroatoms. The largest absolute Gasteiger partial charge is 0.496 e. The van der Waals surface area contributed by atoms with Gasteiger partial charge in [-0.05, 0) is 34.1 Å². The van der Waals surface area contributed by atoms with Crippen molar-refractivity contribution in [1.29, 1.82) is 0 Å². The number of aromatic nitrogens is 3. The highest BCUT2D eigenvalue weighted by molar-refractivity contribution is 9.10. The molecule has 0 amide bonds. The van der Waals surface area contributed by atoms with Gasteiger partial charge in [-0.1, -0.05) is 11.6 Å². The molecule has 0 saturated carbocycles. The van der Waals surface area contributed by atoms with E-state index >= 15 is 0 Å². The van der Waals surface area contributed by atoms with Crippen LogP contribution in [0.4, 0.5) is 5.95 Å². The van der Waals surface area contributed by atoms with E-state index in [1.165, 1.54) is 0 Å². The molecule has 0 atom stereocenters. The minimum atomic E-state index is 0.365. The van der Waals surface area contributed by atoms with E-state index in [0.29, 0.717) is 22.4 Å².